The van der Waals surface area contributed by atoms with Crippen molar-refractivity contribution in [2.75, 3.05) is 24.2 Å². The van der Waals surface area contributed by atoms with Crippen LogP contribution in [0.5, 0.6) is 11.5 Å². The Morgan fingerprint density at radius 1 is 1.11 bits per heavy atom. The summed E-state index contributed by atoms with van der Waals surface area (Å²) in [5.74, 6) is 0.308. The van der Waals surface area contributed by atoms with E-state index in [-0.39, 0.29) is 6.61 Å². The van der Waals surface area contributed by atoms with Gasteiger partial charge in [-0.2, -0.15) is 5.10 Å². The van der Waals surface area contributed by atoms with Crippen LogP contribution in [0.1, 0.15) is 22.3 Å². The predicted molar refractivity (Wildman–Crippen MR) is 155 cm³/mol. The second kappa shape index (κ2) is 12.8. The maximum atomic E-state index is 12.6. The van der Waals surface area contributed by atoms with E-state index in [2.05, 4.69) is 26.5 Å². The smallest absolute Gasteiger partial charge is 0.260 e. The van der Waals surface area contributed by atoms with Gasteiger partial charge in [0.1, 0.15) is 13.2 Å². The first-order valence-corrected chi connectivity index (χ1v) is 14.6. The molecule has 0 fully saturated rings. The van der Waals surface area contributed by atoms with Crippen LogP contribution >= 0.6 is 39.1 Å². The number of hydrazone groups is 1. The van der Waals surface area contributed by atoms with E-state index in [1.54, 1.807) is 37.3 Å². The number of hydrogen-bond donors (Lipinski definition) is 1. The first kappa shape index (κ1) is 29.8. The number of nitrogens with one attached hydrogen (secondary N) is 1. The van der Waals surface area contributed by atoms with Crippen molar-refractivity contribution < 1.29 is 22.7 Å². The van der Waals surface area contributed by atoms with Gasteiger partial charge in [0.15, 0.2) is 11.5 Å². The summed E-state index contributed by atoms with van der Waals surface area (Å²) in [5.41, 5.74) is 5.86. The van der Waals surface area contributed by atoms with E-state index in [9.17, 15) is 13.2 Å². The fourth-order valence-electron chi connectivity index (χ4n) is 3.45. The summed E-state index contributed by atoms with van der Waals surface area (Å²) in [4.78, 5) is 12.6. The zero-order chi connectivity index (χ0) is 28.0. The van der Waals surface area contributed by atoms with Crippen molar-refractivity contribution in [2.45, 2.75) is 20.5 Å². The minimum absolute atomic E-state index is 0.229. The largest absolute Gasteiger partial charge is 0.493 e. The molecule has 0 saturated heterocycles. The van der Waals surface area contributed by atoms with Crippen LogP contribution in [0.15, 0.2) is 58.1 Å². The molecule has 3 aromatic carbocycles. The lowest BCUT2D eigenvalue weighted by Gasteiger charge is -2.23. The number of sulfonamides is 1. The van der Waals surface area contributed by atoms with Gasteiger partial charge in [0, 0.05) is 0 Å². The quantitative estimate of drug-likeness (QED) is 0.220. The number of carbonyl (C=O) groups is 1. The lowest BCUT2D eigenvalue weighted by Crippen LogP contribution is -2.39. The van der Waals surface area contributed by atoms with E-state index in [4.69, 9.17) is 32.7 Å². The van der Waals surface area contributed by atoms with E-state index < -0.39 is 22.5 Å². The average molecular weight is 643 g/mol. The first-order chi connectivity index (χ1) is 17.9. The molecule has 38 heavy (non-hydrogen) atoms. The lowest BCUT2D eigenvalue weighted by molar-refractivity contribution is -0.119. The highest BCUT2D eigenvalue weighted by atomic mass is 79.9. The normalized spacial score (nSPS) is 11.4. The van der Waals surface area contributed by atoms with E-state index >= 15 is 0 Å². The van der Waals surface area contributed by atoms with Crippen LogP contribution in [0.4, 0.5) is 5.69 Å². The van der Waals surface area contributed by atoms with Crippen LogP contribution in [-0.2, 0) is 21.4 Å². The first-order valence-electron chi connectivity index (χ1n) is 11.2. The molecule has 12 heteroatoms. The van der Waals surface area contributed by atoms with E-state index in [0.29, 0.717) is 37.3 Å². The number of carbonyl (C=O) groups excluding carboxylic acids is 1. The maximum absolute atomic E-state index is 12.6. The minimum Gasteiger partial charge on any atom is -0.493 e. The van der Waals surface area contributed by atoms with Gasteiger partial charge in [0.2, 0.25) is 10.0 Å². The van der Waals surface area contributed by atoms with Crippen molar-refractivity contribution in [3.8, 4) is 11.5 Å². The maximum Gasteiger partial charge on any atom is 0.260 e. The van der Waals surface area contributed by atoms with Crippen molar-refractivity contribution >= 4 is 67.0 Å². The number of methoxy groups -OCH3 is 1. The Hall–Kier alpha value is -2.79. The number of amides is 1. The number of ether oxygens (including phenoxy) is 2. The highest BCUT2D eigenvalue weighted by Crippen LogP contribution is 2.37. The molecule has 1 N–H and O–H groups in total. The van der Waals surface area contributed by atoms with Crippen LogP contribution < -0.4 is 19.2 Å². The molecule has 0 aliphatic heterocycles. The molecule has 3 aromatic rings. The van der Waals surface area contributed by atoms with Gasteiger partial charge in [-0.1, -0.05) is 41.4 Å². The fraction of sp³-hybridized carbons (Fsp3) is 0.231. The molecule has 0 atom stereocenters. The molecule has 3 rings (SSSR count). The highest BCUT2D eigenvalue weighted by Gasteiger charge is 2.22. The van der Waals surface area contributed by atoms with Crippen LogP contribution in [0.3, 0.4) is 0 Å². The third kappa shape index (κ3) is 7.86. The third-order valence-electron chi connectivity index (χ3n) is 5.34. The second-order valence-corrected chi connectivity index (χ2v) is 12.0. The summed E-state index contributed by atoms with van der Waals surface area (Å²) < 4.78 is 37.9. The fourth-order valence-corrected chi connectivity index (χ4v) is 5.25. The summed E-state index contributed by atoms with van der Waals surface area (Å²) in [6, 6.07) is 14.1. The van der Waals surface area contributed by atoms with Gasteiger partial charge >= 0.3 is 0 Å². The average Bonchev–Trinajstić information content (AvgIpc) is 2.84. The minimum atomic E-state index is -3.71. The van der Waals surface area contributed by atoms with E-state index in [0.717, 1.165) is 27.3 Å². The lowest BCUT2D eigenvalue weighted by atomic mass is 10.1. The molecular formula is C26H26BrCl2N3O5S. The Morgan fingerprint density at radius 3 is 2.50 bits per heavy atom. The number of hydrogen-bond acceptors (Lipinski definition) is 6. The summed E-state index contributed by atoms with van der Waals surface area (Å²) >= 11 is 15.5. The standard InChI is InChI=1S/C26H26BrCl2N3O5S/c1-16-5-6-17(2)23(9-16)32(38(4,34)35)14-25(33)31-30-13-19-10-20(27)26(24(12-19)36-3)37-15-18-7-8-21(28)22(29)11-18/h5-13H,14-15H2,1-4H3,(H,31,33)/b30-13-. The van der Waals surface area contributed by atoms with E-state index in [1.807, 2.05) is 25.1 Å². The topological polar surface area (TPSA) is 97.3 Å². The number of halogens is 3. The van der Waals surface area contributed by atoms with Crippen molar-refractivity contribution in [1.82, 2.24) is 5.43 Å². The van der Waals surface area contributed by atoms with Crippen LogP contribution in [0, 0.1) is 13.8 Å². The molecule has 0 radical (unpaired) electrons. The van der Waals surface area contributed by atoms with Crippen LogP contribution in [0.25, 0.3) is 0 Å². The van der Waals surface area contributed by atoms with Gasteiger partial charge in [-0.15, -0.1) is 0 Å². The zero-order valence-electron chi connectivity index (χ0n) is 21.1. The monoisotopic (exact) mass is 641 g/mol. The molecule has 202 valence electrons. The molecule has 0 aromatic heterocycles. The Bertz CT molecular complexity index is 1480. The molecule has 0 unspecified atom stereocenters. The molecular weight excluding hydrogens is 617 g/mol. The van der Waals surface area contributed by atoms with Crippen LogP contribution in [0.2, 0.25) is 10.0 Å². The Morgan fingerprint density at radius 2 is 1.84 bits per heavy atom. The summed E-state index contributed by atoms with van der Waals surface area (Å²) in [6.45, 7) is 3.44. The molecule has 8 nitrogen and oxygen atoms in total. The molecule has 0 aliphatic rings. The molecule has 0 spiro atoms. The van der Waals surface area contributed by atoms with Crippen molar-refractivity contribution in [1.29, 1.82) is 0 Å². The molecule has 0 bridgehead atoms. The SMILES string of the molecule is COc1cc(/C=N\NC(=O)CN(c2cc(C)ccc2C)S(C)(=O)=O)cc(Br)c1OCc1ccc(Cl)c(Cl)c1. The van der Waals surface area contributed by atoms with Gasteiger partial charge in [-0.3, -0.25) is 9.10 Å². The van der Waals surface area contributed by atoms with E-state index in [1.165, 1.54) is 13.3 Å². The second-order valence-electron chi connectivity index (χ2n) is 8.42. The zero-order valence-corrected chi connectivity index (χ0v) is 25.0. The highest BCUT2D eigenvalue weighted by molar-refractivity contribution is 9.10. The van der Waals surface area contributed by atoms with Crippen molar-refractivity contribution in [3.63, 3.8) is 0 Å². The van der Waals surface area contributed by atoms with Crippen molar-refractivity contribution in [3.05, 3.63) is 85.3 Å². The van der Waals surface area contributed by atoms with Gasteiger partial charge in [0.05, 0.1) is 39.8 Å². The number of anilines is 1. The number of benzene rings is 3. The Balaban J connectivity index is 1.70. The van der Waals surface area contributed by atoms with Gasteiger partial charge in [0.25, 0.3) is 5.91 Å². The molecule has 0 heterocycles. The number of aryl methyl sites for hydroxylation is 2. The Kier molecular flexibility index (Phi) is 10.1. The molecule has 0 aliphatic carbocycles. The Labute approximate surface area is 240 Å². The van der Waals surface area contributed by atoms with Gasteiger partial charge in [-0.05, 0) is 82.4 Å². The predicted octanol–water partition coefficient (Wildman–Crippen LogP) is 5.88. The van der Waals surface area contributed by atoms with Gasteiger partial charge < -0.3 is 9.47 Å². The number of rotatable bonds is 10. The summed E-state index contributed by atoms with van der Waals surface area (Å²) in [6.07, 6.45) is 2.47. The summed E-state index contributed by atoms with van der Waals surface area (Å²) in [5, 5.41) is 4.87. The molecule has 1 amide bonds. The van der Waals surface area contributed by atoms with Crippen LogP contribution in [-0.4, -0.2) is 40.4 Å². The van der Waals surface area contributed by atoms with Crippen molar-refractivity contribution in [2.24, 2.45) is 5.10 Å². The van der Waals surface area contributed by atoms with Gasteiger partial charge in [-0.25, -0.2) is 13.8 Å². The third-order valence-corrected chi connectivity index (χ3v) is 7.80. The molecule has 0 saturated carbocycles. The number of nitrogens with zero attached hydrogens (tertiary/aromatic N) is 2. The summed E-state index contributed by atoms with van der Waals surface area (Å²) in [7, 11) is -2.21.